The van der Waals surface area contributed by atoms with E-state index in [1.807, 2.05) is 0 Å². The molecule has 1 aromatic carbocycles. The summed E-state index contributed by atoms with van der Waals surface area (Å²) in [4.78, 5) is 44.7. The van der Waals surface area contributed by atoms with E-state index >= 15 is 0 Å². The van der Waals surface area contributed by atoms with E-state index in [1.165, 1.54) is 12.0 Å². The number of aromatic nitrogens is 1. The van der Waals surface area contributed by atoms with Crippen LogP contribution in [0.25, 0.3) is 0 Å². The number of fused-ring (bicyclic) bond motifs is 1. The summed E-state index contributed by atoms with van der Waals surface area (Å²) in [6, 6.07) is 10.7. The van der Waals surface area contributed by atoms with Crippen LogP contribution in [0.3, 0.4) is 0 Å². The number of amides is 2. The molecule has 0 fully saturated rings. The molecule has 1 unspecified atom stereocenters. The van der Waals surface area contributed by atoms with Crippen molar-refractivity contribution in [3.63, 3.8) is 0 Å². The van der Waals surface area contributed by atoms with Crippen LogP contribution >= 0.6 is 0 Å². The standard InChI is InChI=1S/C19H21N5O4.C8H19N/c1-24-10-12-8-11(18(26)23-16-5-3-4-15(20)22-16)6-7-13(12)21-14(19(24)27)9-17(25)28-2;1-6-9(7(2)3)8(4)5/h3-8,14,21H,9-10H2,1-2H3,(H3,20,22,23,26);7-8H,6H2,1-5H3. The van der Waals surface area contributed by atoms with Crippen LogP contribution < -0.4 is 16.4 Å². The van der Waals surface area contributed by atoms with Gasteiger partial charge in [-0.2, -0.15) is 0 Å². The number of carbonyl (C=O) groups is 3. The SMILES string of the molecule is CCN(C(C)C)C(C)C.COC(=O)CC1Nc2ccc(C(=O)Nc3cccc(N)n3)cc2CN(C)C1=O. The molecule has 0 spiro atoms. The zero-order valence-corrected chi connectivity index (χ0v) is 22.9. The molecule has 10 heteroatoms. The number of nitrogen functional groups attached to an aromatic ring is 1. The fourth-order valence-electron chi connectivity index (χ4n) is 4.28. The van der Waals surface area contributed by atoms with E-state index in [4.69, 9.17) is 5.73 Å². The molecule has 0 aliphatic carbocycles. The lowest BCUT2D eigenvalue weighted by Gasteiger charge is -2.28. The van der Waals surface area contributed by atoms with E-state index in [0.717, 1.165) is 12.1 Å². The van der Waals surface area contributed by atoms with Crippen LogP contribution in [-0.4, -0.2) is 71.4 Å². The number of likely N-dealkylation sites (N-methyl/N-ethyl adjacent to an activating group) is 1. The molecule has 2 heterocycles. The molecule has 0 radical (unpaired) electrons. The first-order valence-electron chi connectivity index (χ1n) is 12.5. The Morgan fingerprint density at radius 1 is 1.22 bits per heavy atom. The number of rotatable bonds is 7. The van der Waals surface area contributed by atoms with Crippen LogP contribution in [0.5, 0.6) is 0 Å². The Hall–Kier alpha value is -3.66. The van der Waals surface area contributed by atoms with Crippen molar-refractivity contribution < 1.29 is 19.1 Å². The van der Waals surface area contributed by atoms with Gasteiger partial charge in [0.15, 0.2) is 0 Å². The number of hydrogen-bond acceptors (Lipinski definition) is 8. The summed E-state index contributed by atoms with van der Waals surface area (Å²) in [7, 11) is 2.92. The predicted octanol–water partition coefficient (Wildman–Crippen LogP) is 3.36. The van der Waals surface area contributed by atoms with Crippen molar-refractivity contribution in [2.24, 2.45) is 0 Å². The largest absolute Gasteiger partial charge is 0.469 e. The van der Waals surface area contributed by atoms with Crippen molar-refractivity contribution in [2.45, 2.75) is 65.7 Å². The number of hydrogen-bond donors (Lipinski definition) is 3. The van der Waals surface area contributed by atoms with E-state index in [9.17, 15) is 14.4 Å². The van der Waals surface area contributed by atoms with Crippen molar-refractivity contribution in [3.05, 3.63) is 47.5 Å². The summed E-state index contributed by atoms with van der Waals surface area (Å²) in [6.45, 7) is 12.6. The number of ether oxygens (including phenoxy) is 1. The number of pyridine rings is 1. The molecule has 1 aliphatic rings. The normalized spacial score (nSPS) is 14.9. The maximum atomic E-state index is 12.5. The zero-order chi connectivity index (χ0) is 27.7. The number of anilines is 3. The molecule has 1 aliphatic heterocycles. The molecule has 4 N–H and O–H groups in total. The molecule has 10 nitrogen and oxygen atoms in total. The van der Waals surface area contributed by atoms with Gasteiger partial charge >= 0.3 is 5.97 Å². The molecule has 1 aromatic heterocycles. The Labute approximate surface area is 219 Å². The predicted molar refractivity (Wildman–Crippen MR) is 146 cm³/mol. The number of carbonyl (C=O) groups excluding carboxylic acids is 3. The van der Waals surface area contributed by atoms with Crippen LogP contribution in [0.15, 0.2) is 36.4 Å². The smallest absolute Gasteiger partial charge is 0.308 e. The Bertz CT molecular complexity index is 1080. The first-order chi connectivity index (χ1) is 17.5. The van der Waals surface area contributed by atoms with Crippen molar-refractivity contribution >= 4 is 35.1 Å². The number of nitrogens with zero attached hydrogens (tertiary/aromatic N) is 3. The van der Waals surface area contributed by atoms with Crippen molar-refractivity contribution in [2.75, 3.05) is 37.1 Å². The first-order valence-corrected chi connectivity index (χ1v) is 12.5. The van der Waals surface area contributed by atoms with E-state index < -0.39 is 12.0 Å². The number of benzene rings is 1. The Kier molecular flexibility index (Phi) is 10.9. The zero-order valence-electron chi connectivity index (χ0n) is 22.9. The third-order valence-electron chi connectivity index (χ3n) is 6.08. The number of methoxy groups -OCH3 is 1. The molecule has 1 atom stereocenters. The van der Waals surface area contributed by atoms with Crippen LogP contribution in [0.1, 0.15) is 57.0 Å². The highest BCUT2D eigenvalue weighted by molar-refractivity contribution is 6.04. The molecule has 37 heavy (non-hydrogen) atoms. The van der Waals surface area contributed by atoms with Crippen molar-refractivity contribution in [3.8, 4) is 0 Å². The second kappa shape index (κ2) is 13.6. The molecule has 2 aromatic rings. The molecule has 2 amide bonds. The monoisotopic (exact) mass is 512 g/mol. The summed E-state index contributed by atoms with van der Waals surface area (Å²) >= 11 is 0. The van der Waals surface area contributed by atoms with Gasteiger partial charge in [-0.15, -0.1) is 0 Å². The summed E-state index contributed by atoms with van der Waals surface area (Å²) in [5, 5.41) is 5.77. The lowest BCUT2D eigenvalue weighted by molar-refractivity contribution is -0.143. The van der Waals surface area contributed by atoms with Crippen LogP contribution in [-0.2, 0) is 20.9 Å². The highest BCUT2D eigenvalue weighted by Crippen LogP contribution is 2.25. The van der Waals surface area contributed by atoms with Gasteiger partial charge in [0.25, 0.3) is 5.91 Å². The summed E-state index contributed by atoms with van der Waals surface area (Å²) in [5.74, 6) is -0.389. The Morgan fingerprint density at radius 3 is 2.43 bits per heavy atom. The van der Waals surface area contributed by atoms with Gasteiger partial charge in [-0.3, -0.25) is 19.3 Å². The summed E-state index contributed by atoms with van der Waals surface area (Å²) in [6.07, 6.45) is -0.0809. The number of nitrogens with two attached hydrogens (primary N) is 1. The molecular weight excluding hydrogens is 472 g/mol. The van der Waals surface area contributed by atoms with Gasteiger partial charge in [0.2, 0.25) is 5.91 Å². The molecule has 0 bridgehead atoms. The Balaban J connectivity index is 0.000000458. The van der Waals surface area contributed by atoms with E-state index in [0.29, 0.717) is 41.5 Å². The lowest BCUT2D eigenvalue weighted by Crippen LogP contribution is -2.39. The van der Waals surface area contributed by atoms with Gasteiger partial charge in [0, 0.05) is 36.9 Å². The third-order valence-corrected chi connectivity index (χ3v) is 6.08. The molecular formula is C27H40N6O4. The minimum atomic E-state index is -0.727. The Morgan fingerprint density at radius 2 is 1.89 bits per heavy atom. The minimum Gasteiger partial charge on any atom is -0.469 e. The fourth-order valence-corrected chi connectivity index (χ4v) is 4.28. The molecule has 3 rings (SSSR count). The summed E-state index contributed by atoms with van der Waals surface area (Å²) in [5.41, 5.74) is 7.49. The van der Waals surface area contributed by atoms with Crippen LogP contribution in [0.4, 0.5) is 17.3 Å². The van der Waals surface area contributed by atoms with Crippen molar-refractivity contribution in [1.82, 2.24) is 14.8 Å². The fraction of sp³-hybridized carbons (Fsp3) is 0.481. The minimum absolute atomic E-state index is 0.0809. The molecule has 0 saturated heterocycles. The topological polar surface area (TPSA) is 130 Å². The second-order valence-corrected chi connectivity index (χ2v) is 9.46. The van der Waals surface area contributed by atoms with E-state index in [2.05, 4.69) is 59.9 Å². The highest BCUT2D eigenvalue weighted by atomic mass is 16.5. The van der Waals surface area contributed by atoms with Crippen LogP contribution in [0.2, 0.25) is 0 Å². The van der Waals surface area contributed by atoms with Gasteiger partial charge in [-0.1, -0.05) is 13.0 Å². The third kappa shape index (κ3) is 8.45. The second-order valence-electron chi connectivity index (χ2n) is 9.46. The number of esters is 1. The van der Waals surface area contributed by atoms with E-state index in [-0.39, 0.29) is 18.2 Å². The van der Waals surface area contributed by atoms with Gasteiger partial charge in [-0.05, 0) is 70.1 Å². The van der Waals surface area contributed by atoms with Gasteiger partial charge in [-0.25, -0.2) is 4.98 Å². The first kappa shape index (κ1) is 29.6. The average molecular weight is 513 g/mol. The highest BCUT2D eigenvalue weighted by Gasteiger charge is 2.29. The van der Waals surface area contributed by atoms with Gasteiger partial charge < -0.3 is 26.0 Å². The van der Waals surface area contributed by atoms with Gasteiger partial charge in [0.1, 0.15) is 17.7 Å². The molecule has 0 saturated carbocycles. The van der Waals surface area contributed by atoms with Crippen molar-refractivity contribution in [1.29, 1.82) is 0 Å². The maximum Gasteiger partial charge on any atom is 0.308 e. The average Bonchev–Trinajstić information content (AvgIpc) is 2.95. The summed E-state index contributed by atoms with van der Waals surface area (Å²) < 4.78 is 4.66. The quantitative estimate of drug-likeness (QED) is 0.482. The van der Waals surface area contributed by atoms with Crippen LogP contribution in [0, 0.1) is 0 Å². The molecule has 202 valence electrons. The van der Waals surface area contributed by atoms with Gasteiger partial charge in [0.05, 0.1) is 13.5 Å². The lowest BCUT2D eigenvalue weighted by atomic mass is 10.1. The van der Waals surface area contributed by atoms with E-state index in [1.54, 1.807) is 43.4 Å². The maximum absolute atomic E-state index is 12.5. The number of nitrogens with one attached hydrogen (secondary N) is 2.